The van der Waals surface area contributed by atoms with E-state index in [0.29, 0.717) is 6.42 Å². The van der Waals surface area contributed by atoms with Gasteiger partial charge >= 0.3 is 5.97 Å². The molecule has 0 saturated carbocycles. The molecule has 0 amide bonds. The molecule has 3 fully saturated rings. The van der Waals surface area contributed by atoms with Gasteiger partial charge in [0.05, 0.1) is 53.4 Å². The number of carbonyl (C=O) groups is 1. The number of oxime groups is 1. The Kier molecular flexibility index (Phi) is 15.7. The van der Waals surface area contributed by atoms with Gasteiger partial charge in [0.2, 0.25) is 0 Å². The van der Waals surface area contributed by atoms with Gasteiger partial charge in [0, 0.05) is 44.4 Å². The summed E-state index contributed by atoms with van der Waals surface area (Å²) in [5, 5.41) is 59.8. The fourth-order valence-corrected chi connectivity index (χ4v) is 8.78. The Bertz CT molecular complexity index is 1220. The maximum Gasteiger partial charge on any atom is 0.311 e. The van der Waals surface area contributed by atoms with Gasteiger partial charge in [0.1, 0.15) is 23.9 Å². The van der Waals surface area contributed by atoms with E-state index in [1.807, 2.05) is 46.7 Å². The third-order valence-electron chi connectivity index (χ3n) is 12.4. The number of likely N-dealkylation sites (N-methyl/N-ethyl adjacent to an activating group) is 1. The van der Waals surface area contributed by atoms with E-state index in [1.165, 1.54) is 21.1 Å². The lowest BCUT2D eigenvalue weighted by Crippen LogP contribution is -2.61. The molecule has 3 aliphatic heterocycles. The first kappa shape index (κ1) is 45.9. The van der Waals surface area contributed by atoms with Gasteiger partial charge in [0.25, 0.3) is 0 Å². The average Bonchev–Trinajstić information content (AvgIpc) is 3.10. The summed E-state index contributed by atoms with van der Waals surface area (Å²) >= 11 is 0. The zero-order chi connectivity index (χ0) is 40.4. The first-order valence-electron chi connectivity index (χ1n) is 19.1. The highest BCUT2D eigenvalue weighted by Crippen LogP contribution is 2.42. The summed E-state index contributed by atoms with van der Waals surface area (Å²) in [5.74, 6) is -3.82. The van der Waals surface area contributed by atoms with Crippen molar-refractivity contribution < 1.29 is 63.6 Å². The summed E-state index contributed by atoms with van der Waals surface area (Å²) in [7, 11) is 6.80. The van der Waals surface area contributed by atoms with E-state index < -0.39 is 102 Å². The quantitative estimate of drug-likeness (QED) is 0.137. The molecule has 0 unspecified atom stereocenters. The number of ether oxygens (including phenoxy) is 7. The third kappa shape index (κ3) is 9.73. The van der Waals surface area contributed by atoms with Crippen molar-refractivity contribution in [2.24, 2.45) is 28.8 Å². The first-order valence-corrected chi connectivity index (χ1v) is 19.1. The fraction of sp³-hybridized carbons (Fsp3) is 0.947. The smallest absolute Gasteiger partial charge is 0.311 e. The van der Waals surface area contributed by atoms with E-state index in [4.69, 9.17) is 33.2 Å². The summed E-state index contributed by atoms with van der Waals surface area (Å²) in [6, 6.07) is -0.282. The molecule has 310 valence electrons. The van der Waals surface area contributed by atoms with E-state index in [9.17, 15) is 30.4 Å². The van der Waals surface area contributed by atoms with Crippen molar-refractivity contribution in [3.63, 3.8) is 0 Å². The highest BCUT2D eigenvalue weighted by Gasteiger charge is 2.54. The zero-order valence-electron chi connectivity index (χ0n) is 34.4. The van der Waals surface area contributed by atoms with Crippen molar-refractivity contribution in [3.8, 4) is 0 Å². The van der Waals surface area contributed by atoms with Gasteiger partial charge in [-0.25, -0.2) is 0 Å². The van der Waals surface area contributed by atoms with Gasteiger partial charge in [0.15, 0.2) is 12.6 Å². The molecule has 0 aromatic carbocycles. The highest BCUT2D eigenvalue weighted by molar-refractivity contribution is 5.88. The molecule has 3 aliphatic rings. The monoisotopic (exact) mass is 762 g/mol. The van der Waals surface area contributed by atoms with Crippen LogP contribution in [0, 0.1) is 23.7 Å². The topological polar surface area (TPSA) is 198 Å². The third-order valence-corrected chi connectivity index (χ3v) is 12.4. The second-order valence-corrected chi connectivity index (χ2v) is 16.8. The Labute approximate surface area is 316 Å². The molecule has 0 spiro atoms. The molecular formula is C38H70N2O13. The number of esters is 1. The molecule has 0 bridgehead atoms. The Morgan fingerprint density at radius 1 is 0.887 bits per heavy atom. The number of hydrogen-bond acceptors (Lipinski definition) is 15. The number of carbonyl (C=O) groups excluding carboxylic acids is 1. The van der Waals surface area contributed by atoms with Gasteiger partial charge in [-0.2, -0.15) is 0 Å². The molecule has 0 aromatic heterocycles. The van der Waals surface area contributed by atoms with Crippen LogP contribution in [0.15, 0.2) is 5.16 Å². The van der Waals surface area contributed by atoms with Crippen LogP contribution < -0.4 is 0 Å². The SMILES string of the molecule is CC[C@H]1OC(=O)[C@H](C)[C@@H](O[C@H]2C[C@@](C)(OC)[C@@H](O)[C@H](C)O2)[C@H](C)[C@@H](O[C@@H]2O[C@H](C)C[C@H](N(C)C)[C@H]2O)[C@](C)(OC)C[C@@H](C)C(=NO)[C@H](C)[C@@H](O)[C@]1(C)O. The minimum Gasteiger partial charge on any atom is -0.459 e. The Hall–Kier alpha value is -1.50. The van der Waals surface area contributed by atoms with Gasteiger partial charge in [-0.05, 0) is 74.9 Å². The predicted molar refractivity (Wildman–Crippen MR) is 195 cm³/mol. The van der Waals surface area contributed by atoms with E-state index >= 15 is 0 Å². The molecule has 3 heterocycles. The molecule has 15 heteroatoms. The second-order valence-electron chi connectivity index (χ2n) is 16.8. The van der Waals surface area contributed by atoms with Crippen LogP contribution in [0.2, 0.25) is 0 Å². The number of methoxy groups -OCH3 is 2. The number of cyclic esters (lactones) is 1. The Balaban J connectivity index is 2.25. The predicted octanol–water partition coefficient (Wildman–Crippen LogP) is 2.70. The van der Waals surface area contributed by atoms with Gasteiger partial charge in [-0.15, -0.1) is 0 Å². The van der Waals surface area contributed by atoms with E-state index in [-0.39, 0.29) is 37.1 Å². The molecule has 3 rings (SSSR count). The van der Waals surface area contributed by atoms with Crippen LogP contribution >= 0.6 is 0 Å². The molecule has 0 aromatic rings. The van der Waals surface area contributed by atoms with E-state index in [2.05, 4.69) is 5.16 Å². The highest BCUT2D eigenvalue weighted by atomic mass is 16.7. The van der Waals surface area contributed by atoms with Crippen LogP contribution in [0.25, 0.3) is 0 Å². The van der Waals surface area contributed by atoms with Crippen LogP contribution in [0.3, 0.4) is 0 Å². The van der Waals surface area contributed by atoms with E-state index in [1.54, 1.807) is 34.6 Å². The zero-order valence-corrected chi connectivity index (χ0v) is 34.4. The average molecular weight is 763 g/mol. The maximum atomic E-state index is 14.2. The minimum absolute atomic E-state index is 0.128. The maximum absolute atomic E-state index is 14.2. The van der Waals surface area contributed by atoms with Crippen molar-refractivity contribution in [2.75, 3.05) is 28.3 Å². The van der Waals surface area contributed by atoms with Crippen molar-refractivity contribution in [2.45, 2.75) is 179 Å². The van der Waals surface area contributed by atoms with Crippen molar-refractivity contribution in [1.82, 2.24) is 4.90 Å². The molecule has 0 radical (unpaired) electrons. The number of aliphatic hydroxyl groups excluding tert-OH is 3. The van der Waals surface area contributed by atoms with Crippen molar-refractivity contribution >= 4 is 11.7 Å². The summed E-state index contributed by atoms with van der Waals surface area (Å²) in [4.78, 5) is 16.2. The van der Waals surface area contributed by atoms with Crippen LogP contribution in [0.5, 0.6) is 0 Å². The molecule has 0 aliphatic carbocycles. The van der Waals surface area contributed by atoms with Crippen LogP contribution in [0.4, 0.5) is 0 Å². The Morgan fingerprint density at radius 3 is 2.02 bits per heavy atom. The molecule has 53 heavy (non-hydrogen) atoms. The fourth-order valence-electron chi connectivity index (χ4n) is 8.78. The standard InChI is InChI=1S/C38H70N2O13/c1-15-26-38(10,45)31(42)21(4)28(39-46)19(2)17-37(9,48-14)33(53-35-29(41)25(40(11)12)16-20(3)49-35)22(5)30(23(6)34(44)51-26)52-27-18-36(8,47-13)32(43)24(7)50-27/h19-27,29-33,35,41-43,45-46H,15-18H2,1-14H3/t19-,20-,21+,22+,23-,24+,25+,26-,27+,29-,30+,31-,32+,33-,35+,36-,37-,38-/m1/s1. The number of nitrogens with zero attached hydrogens (tertiary/aromatic N) is 2. The summed E-state index contributed by atoms with van der Waals surface area (Å²) in [6.45, 7) is 17.3. The van der Waals surface area contributed by atoms with Crippen molar-refractivity contribution in [3.05, 3.63) is 0 Å². The van der Waals surface area contributed by atoms with Crippen molar-refractivity contribution in [1.29, 1.82) is 0 Å². The second kappa shape index (κ2) is 18.2. The summed E-state index contributed by atoms with van der Waals surface area (Å²) < 4.78 is 44.1. The molecule has 3 saturated heterocycles. The first-order chi connectivity index (χ1) is 24.5. The van der Waals surface area contributed by atoms with Gasteiger partial charge in [-0.3, -0.25) is 4.79 Å². The number of hydrogen-bond donors (Lipinski definition) is 5. The largest absolute Gasteiger partial charge is 0.459 e. The van der Waals surface area contributed by atoms with Crippen LogP contribution in [-0.4, -0.2) is 155 Å². The lowest BCUT2D eigenvalue weighted by molar-refractivity contribution is -0.319. The number of aliphatic hydroxyl groups is 4. The van der Waals surface area contributed by atoms with Crippen LogP contribution in [0.1, 0.15) is 94.9 Å². The van der Waals surface area contributed by atoms with E-state index in [0.717, 1.165) is 0 Å². The summed E-state index contributed by atoms with van der Waals surface area (Å²) in [5.41, 5.74) is -3.99. The van der Waals surface area contributed by atoms with Gasteiger partial charge < -0.3 is 63.7 Å². The van der Waals surface area contributed by atoms with Crippen LogP contribution in [-0.2, 0) is 38.0 Å². The molecular weight excluding hydrogens is 692 g/mol. The lowest BCUT2D eigenvalue weighted by atomic mass is 9.73. The normalized spacial score (nSPS) is 49.1. The summed E-state index contributed by atoms with van der Waals surface area (Å²) in [6.07, 6.45) is -8.53. The number of rotatable bonds is 8. The molecule has 5 N–H and O–H groups in total. The minimum atomic E-state index is -1.94. The van der Waals surface area contributed by atoms with Gasteiger partial charge in [-0.1, -0.05) is 32.9 Å². The Morgan fingerprint density at radius 2 is 1.49 bits per heavy atom. The lowest BCUT2D eigenvalue weighted by Gasteiger charge is -2.50. The molecule has 15 nitrogen and oxygen atoms in total. The molecule has 18 atom stereocenters.